The maximum atomic E-state index is 6.20. The van der Waals surface area contributed by atoms with Gasteiger partial charge >= 0.3 is 0 Å². The Kier molecular flexibility index (Phi) is 3.94. The minimum atomic E-state index is 0.454. The van der Waals surface area contributed by atoms with E-state index >= 15 is 0 Å². The lowest BCUT2D eigenvalue weighted by molar-refractivity contribution is 0.180. The smallest absolute Gasteiger partial charge is 0.0612 e. The minimum Gasteiger partial charge on any atom is -0.355 e. The Labute approximate surface area is 158 Å². The first-order valence-electron chi connectivity index (χ1n) is 9.01. The number of fused-ring (bicyclic) bond motifs is 1. The first-order valence-corrected chi connectivity index (χ1v) is 9.77. The molecule has 4 aliphatic rings. The molecule has 2 atom stereocenters. The number of nitrogens with zero attached hydrogens (tertiary/aromatic N) is 1. The summed E-state index contributed by atoms with van der Waals surface area (Å²) in [4.78, 5) is 2.68. The number of hydrogen-bond donors (Lipinski definition) is 2. The standard InChI is InChI=1S/C20H21Cl2N3/c21-16-5-4-14(8-17(16)22)24-18-6-3-12-2-1-7-25-11-13-9-23-10-15(13)19(18)20(12)25/h3-6,8,13,20,23-24H,1-2,7,9-11H2/t13-,20+/m0/s1. The van der Waals surface area contributed by atoms with E-state index in [0.717, 1.165) is 18.8 Å². The Balaban J connectivity index is 1.57. The molecule has 130 valence electrons. The largest absolute Gasteiger partial charge is 0.355 e. The zero-order chi connectivity index (χ0) is 17.0. The van der Waals surface area contributed by atoms with Crippen molar-refractivity contribution in [3.63, 3.8) is 0 Å². The van der Waals surface area contributed by atoms with E-state index in [0.29, 0.717) is 22.0 Å². The van der Waals surface area contributed by atoms with Crippen LogP contribution in [0.4, 0.5) is 5.69 Å². The maximum Gasteiger partial charge on any atom is 0.0612 e. The van der Waals surface area contributed by atoms with Crippen LogP contribution in [-0.2, 0) is 0 Å². The molecule has 1 aromatic rings. The van der Waals surface area contributed by atoms with Gasteiger partial charge in [-0.25, -0.2) is 0 Å². The van der Waals surface area contributed by atoms with Crippen LogP contribution in [0.2, 0.25) is 10.0 Å². The van der Waals surface area contributed by atoms with E-state index in [1.54, 1.807) is 11.1 Å². The van der Waals surface area contributed by atoms with E-state index in [1.807, 2.05) is 18.2 Å². The first-order chi connectivity index (χ1) is 12.2. The summed E-state index contributed by atoms with van der Waals surface area (Å²) in [6.45, 7) is 4.50. The van der Waals surface area contributed by atoms with E-state index in [1.165, 1.54) is 37.2 Å². The monoisotopic (exact) mass is 373 g/mol. The second-order valence-electron chi connectivity index (χ2n) is 7.34. The lowest BCUT2D eigenvalue weighted by Gasteiger charge is -2.46. The quantitative estimate of drug-likeness (QED) is 0.812. The Bertz CT molecular complexity index is 824. The summed E-state index contributed by atoms with van der Waals surface area (Å²) in [5.74, 6) is 0.641. The zero-order valence-electron chi connectivity index (χ0n) is 14.0. The van der Waals surface area contributed by atoms with Crippen molar-refractivity contribution in [2.75, 3.05) is 31.5 Å². The Morgan fingerprint density at radius 2 is 2.08 bits per heavy atom. The van der Waals surface area contributed by atoms with Gasteiger partial charge in [0.1, 0.15) is 0 Å². The van der Waals surface area contributed by atoms with Crippen LogP contribution in [0.15, 0.2) is 52.8 Å². The van der Waals surface area contributed by atoms with Gasteiger partial charge in [0.25, 0.3) is 0 Å². The van der Waals surface area contributed by atoms with Gasteiger partial charge in [-0.1, -0.05) is 29.3 Å². The molecule has 0 bridgehead atoms. The molecule has 5 rings (SSSR count). The van der Waals surface area contributed by atoms with Gasteiger partial charge in [-0.3, -0.25) is 4.90 Å². The third-order valence-electron chi connectivity index (χ3n) is 5.85. The van der Waals surface area contributed by atoms with E-state index in [4.69, 9.17) is 23.2 Å². The summed E-state index contributed by atoms with van der Waals surface area (Å²) in [5.41, 5.74) is 6.85. The molecule has 2 saturated heterocycles. The normalized spacial score (nSPS) is 28.2. The van der Waals surface area contributed by atoms with Gasteiger partial charge in [-0.15, -0.1) is 0 Å². The molecule has 0 spiro atoms. The minimum absolute atomic E-state index is 0.454. The summed E-state index contributed by atoms with van der Waals surface area (Å²) in [6, 6.07) is 6.20. The van der Waals surface area contributed by atoms with E-state index in [9.17, 15) is 0 Å². The molecule has 0 saturated carbocycles. The third kappa shape index (κ3) is 2.65. The van der Waals surface area contributed by atoms with Crippen LogP contribution in [0.1, 0.15) is 12.8 Å². The van der Waals surface area contributed by atoms with Crippen LogP contribution in [0.25, 0.3) is 0 Å². The van der Waals surface area contributed by atoms with Crippen LogP contribution in [-0.4, -0.2) is 37.1 Å². The number of allylic oxidation sites excluding steroid dienone is 2. The van der Waals surface area contributed by atoms with Crippen molar-refractivity contribution in [3.8, 4) is 0 Å². The number of rotatable bonds is 2. The van der Waals surface area contributed by atoms with Gasteiger partial charge in [0.2, 0.25) is 0 Å². The predicted octanol–water partition coefficient (Wildman–Crippen LogP) is 4.22. The number of piperidine rings is 1. The molecule has 5 heteroatoms. The molecule has 3 aliphatic heterocycles. The topological polar surface area (TPSA) is 27.3 Å². The molecule has 0 amide bonds. The molecule has 2 N–H and O–H groups in total. The summed E-state index contributed by atoms with van der Waals surface area (Å²) >= 11 is 12.3. The van der Waals surface area contributed by atoms with Crippen LogP contribution in [0, 0.1) is 5.92 Å². The Morgan fingerprint density at radius 1 is 1.16 bits per heavy atom. The lowest BCUT2D eigenvalue weighted by atomic mass is 9.76. The average Bonchev–Trinajstić information content (AvgIpc) is 3.08. The SMILES string of the molecule is Clc1ccc(NC2=CC=C3CCCN4C[C@@H]5CNCC5=C2[C@@H]34)cc1Cl. The molecular weight excluding hydrogens is 353 g/mol. The van der Waals surface area contributed by atoms with E-state index < -0.39 is 0 Å². The van der Waals surface area contributed by atoms with Gasteiger partial charge < -0.3 is 10.6 Å². The van der Waals surface area contributed by atoms with Gasteiger partial charge in [0.05, 0.1) is 16.1 Å². The van der Waals surface area contributed by atoms with Gasteiger partial charge in [-0.05, 0) is 60.4 Å². The number of anilines is 1. The maximum absolute atomic E-state index is 6.20. The second-order valence-corrected chi connectivity index (χ2v) is 8.16. The molecule has 0 unspecified atom stereocenters. The Hall–Kier alpha value is -1.26. The highest BCUT2D eigenvalue weighted by atomic mass is 35.5. The fourth-order valence-corrected chi connectivity index (χ4v) is 5.06. The van der Waals surface area contributed by atoms with Crippen molar-refractivity contribution in [2.24, 2.45) is 5.92 Å². The molecule has 1 aliphatic carbocycles. The molecule has 2 fully saturated rings. The lowest BCUT2D eigenvalue weighted by Crippen LogP contribution is -2.50. The van der Waals surface area contributed by atoms with Gasteiger partial charge in [-0.2, -0.15) is 0 Å². The molecule has 1 aromatic carbocycles. The van der Waals surface area contributed by atoms with Crippen LogP contribution in [0.5, 0.6) is 0 Å². The highest BCUT2D eigenvalue weighted by Crippen LogP contribution is 2.43. The fraction of sp³-hybridized carbons (Fsp3) is 0.400. The van der Waals surface area contributed by atoms with Crippen molar-refractivity contribution in [3.05, 3.63) is 62.8 Å². The van der Waals surface area contributed by atoms with Crippen molar-refractivity contribution >= 4 is 28.9 Å². The second kappa shape index (κ2) is 6.17. The van der Waals surface area contributed by atoms with Crippen molar-refractivity contribution in [1.29, 1.82) is 0 Å². The van der Waals surface area contributed by atoms with Crippen molar-refractivity contribution in [2.45, 2.75) is 18.9 Å². The van der Waals surface area contributed by atoms with Crippen LogP contribution < -0.4 is 10.6 Å². The zero-order valence-corrected chi connectivity index (χ0v) is 15.5. The summed E-state index contributed by atoms with van der Waals surface area (Å²) in [5, 5.41) is 8.36. The highest BCUT2D eigenvalue weighted by Gasteiger charge is 2.42. The summed E-state index contributed by atoms with van der Waals surface area (Å²) in [6.07, 6.45) is 7.06. The van der Waals surface area contributed by atoms with Crippen LogP contribution >= 0.6 is 23.2 Å². The molecule has 25 heavy (non-hydrogen) atoms. The van der Waals surface area contributed by atoms with E-state index in [-0.39, 0.29) is 0 Å². The number of hydrogen-bond acceptors (Lipinski definition) is 3. The van der Waals surface area contributed by atoms with Crippen LogP contribution in [0.3, 0.4) is 0 Å². The highest BCUT2D eigenvalue weighted by molar-refractivity contribution is 6.42. The molecular formula is C20H21Cl2N3. The fourth-order valence-electron chi connectivity index (χ4n) is 4.76. The van der Waals surface area contributed by atoms with Gasteiger partial charge in [0, 0.05) is 36.9 Å². The average molecular weight is 374 g/mol. The molecule has 0 aromatic heterocycles. The Morgan fingerprint density at radius 3 is 2.96 bits per heavy atom. The number of halogens is 2. The number of benzene rings is 1. The predicted molar refractivity (Wildman–Crippen MR) is 104 cm³/mol. The van der Waals surface area contributed by atoms with Crippen molar-refractivity contribution in [1.82, 2.24) is 10.2 Å². The summed E-state index contributed by atoms with van der Waals surface area (Å²) < 4.78 is 0. The molecule has 3 nitrogen and oxygen atoms in total. The number of nitrogens with one attached hydrogen (secondary N) is 2. The third-order valence-corrected chi connectivity index (χ3v) is 6.59. The molecule has 3 heterocycles. The molecule has 0 radical (unpaired) electrons. The van der Waals surface area contributed by atoms with Crippen molar-refractivity contribution < 1.29 is 0 Å². The van der Waals surface area contributed by atoms with E-state index in [2.05, 4.69) is 27.7 Å². The van der Waals surface area contributed by atoms with Gasteiger partial charge in [0.15, 0.2) is 0 Å². The summed E-state index contributed by atoms with van der Waals surface area (Å²) in [7, 11) is 0. The first kappa shape index (κ1) is 16.0.